The van der Waals surface area contributed by atoms with Crippen LogP contribution in [0.5, 0.6) is 0 Å². The van der Waals surface area contributed by atoms with E-state index < -0.39 is 7.82 Å². The SMILES string of the molecule is CC1=C(C)N(C)CN1C.O=P(O)(O)O. The number of rotatable bonds is 0. The topological polar surface area (TPSA) is 84.2 Å². The standard InChI is InChI=1S/C7H14N2.H3O4P/c1-6-7(2)9(4)5-8(6)3;1-5(2,3)4/h5H2,1-4H3;(H3,1,2,3,4). The maximum Gasteiger partial charge on any atom is 0.466 e. The average Bonchev–Trinajstić information content (AvgIpc) is 2.14. The first kappa shape index (κ1) is 13.4. The molecular formula is C7H17N2O4P. The van der Waals surface area contributed by atoms with E-state index in [-0.39, 0.29) is 0 Å². The van der Waals surface area contributed by atoms with Crippen LogP contribution in [0.1, 0.15) is 13.8 Å². The molecule has 0 unspecified atom stereocenters. The highest BCUT2D eigenvalue weighted by atomic mass is 31.2. The Bertz CT molecular complexity index is 249. The van der Waals surface area contributed by atoms with Crippen LogP contribution in [-0.2, 0) is 4.57 Å². The van der Waals surface area contributed by atoms with Crippen molar-refractivity contribution >= 4 is 7.82 Å². The van der Waals surface area contributed by atoms with Gasteiger partial charge in [-0.1, -0.05) is 0 Å². The van der Waals surface area contributed by atoms with Gasteiger partial charge in [-0.15, -0.1) is 0 Å². The molecule has 0 aliphatic carbocycles. The summed E-state index contributed by atoms with van der Waals surface area (Å²) in [4.78, 5) is 26.1. The first-order valence-electron chi connectivity index (χ1n) is 4.01. The Morgan fingerprint density at radius 2 is 1.29 bits per heavy atom. The van der Waals surface area contributed by atoms with E-state index in [1.54, 1.807) is 0 Å². The van der Waals surface area contributed by atoms with Crippen molar-refractivity contribution in [3.05, 3.63) is 11.4 Å². The van der Waals surface area contributed by atoms with Crippen LogP contribution in [0.15, 0.2) is 11.4 Å². The van der Waals surface area contributed by atoms with Gasteiger partial charge in [0, 0.05) is 25.5 Å². The van der Waals surface area contributed by atoms with Crippen LogP contribution < -0.4 is 0 Å². The summed E-state index contributed by atoms with van der Waals surface area (Å²) in [5.41, 5.74) is 2.77. The summed E-state index contributed by atoms with van der Waals surface area (Å²) in [6, 6.07) is 0. The van der Waals surface area contributed by atoms with Gasteiger partial charge in [0.2, 0.25) is 0 Å². The first-order valence-corrected chi connectivity index (χ1v) is 5.57. The molecule has 1 heterocycles. The largest absolute Gasteiger partial charge is 0.466 e. The predicted octanol–water partition coefficient (Wildman–Crippen LogP) is 0.144. The van der Waals surface area contributed by atoms with Crippen molar-refractivity contribution in [3.63, 3.8) is 0 Å². The van der Waals surface area contributed by atoms with E-state index in [0.29, 0.717) is 0 Å². The van der Waals surface area contributed by atoms with Crippen LogP contribution in [-0.4, -0.2) is 45.2 Å². The molecule has 0 atom stereocenters. The molecule has 14 heavy (non-hydrogen) atoms. The molecule has 0 saturated heterocycles. The highest BCUT2D eigenvalue weighted by Crippen LogP contribution is 2.25. The van der Waals surface area contributed by atoms with Gasteiger partial charge in [0.1, 0.15) is 0 Å². The van der Waals surface area contributed by atoms with Crippen LogP contribution in [0.2, 0.25) is 0 Å². The molecule has 7 heteroatoms. The van der Waals surface area contributed by atoms with Crippen molar-refractivity contribution in [2.75, 3.05) is 20.8 Å². The lowest BCUT2D eigenvalue weighted by atomic mass is 10.4. The van der Waals surface area contributed by atoms with E-state index in [1.165, 1.54) is 11.4 Å². The van der Waals surface area contributed by atoms with E-state index in [1.807, 2.05) is 0 Å². The normalized spacial score (nSPS) is 17.1. The molecule has 0 saturated carbocycles. The third-order valence-corrected chi connectivity index (χ3v) is 2.09. The van der Waals surface area contributed by atoms with Crippen molar-refractivity contribution in [1.82, 2.24) is 9.80 Å². The number of hydrogen-bond donors (Lipinski definition) is 3. The predicted molar refractivity (Wildman–Crippen MR) is 53.0 cm³/mol. The second-order valence-electron chi connectivity index (χ2n) is 3.22. The first-order chi connectivity index (χ1) is 6.13. The quantitative estimate of drug-likeness (QED) is 0.508. The van der Waals surface area contributed by atoms with Crippen molar-refractivity contribution in [2.45, 2.75) is 13.8 Å². The molecule has 0 radical (unpaired) electrons. The Morgan fingerprint density at radius 1 is 1.07 bits per heavy atom. The molecule has 84 valence electrons. The Balaban J connectivity index is 0.000000292. The van der Waals surface area contributed by atoms with Crippen molar-refractivity contribution in [2.24, 2.45) is 0 Å². The van der Waals surface area contributed by atoms with Crippen LogP contribution in [0.3, 0.4) is 0 Å². The monoisotopic (exact) mass is 224 g/mol. The lowest BCUT2D eigenvalue weighted by molar-refractivity contribution is 0.275. The zero-order valence-electron chi connectivity index (χ0n) is 8.80. The van der Waals surface area contributed by atoms with Crippen LogP contribution in [0, 0.1) is 0 Å². The Kier molecular flexibility index (Phi) is 4.61. The highest BCUT2D eigenvalue weighted by Gasteiger charge is 2.15. The van der Waals surface area contributed by atoms with Crippen LogP contribution in [0.4, 0.5) is 0 Å². The molecule has 0 spiro atoms. The number of hydrogen-bond acceptors (Lipinski definition) is 3. The number of allylic oxidation sites excluding steroid dienone is 2. The molecular weight excluding hydrogens is 207 g/mol. The van der Waals surface area contributed by atoms with Gasteiger partial charge in [-0.25, -0.2) is 4.57 Å². The fourth-order valence-electron chi connectivity index (χ4n) is 1.08. The molecule has 0 aromatic rings. The summed E-state index contributed by atoms with van der Waals surface area (Å²) < 4.78 is 8.88. The Labute approximate surface area is 83.7 Å². The second-order valence-corrected chi connectivity index (χ2v) is 4.25. The van der Waals surface area contributed by atoms with Gasteiger partial charge in [0.25, 0.3) is 0 Å². The van der Waals surface area contributed by atoms with E-state index >= 15 is 0 Å². The van der Waals surface area contributed by atoms with Gasteiger partial charge in [-0.3, -0.25) is 0 Å². The lowest BCUT2D eigenvalue weighted by Gasteiger charge is -2.14. The minimum absolute atomic E-state index is 1.04. The summed E-state index contributed by atoms with van der Waals surface area (Å²) >= 11 is 0. The molecule has 0 aromatic carbocycles. The fourth-order valence-corrected chi connectivity index (χ4v) is 1.08. The molecule has 1 aliphatic heterocycles. The third-order valence-electron chi connectivity index (χ3n) is 2.09. The second kappa shape index (κ2) is 4.79. The third kappa shape index (κ3) is 5.24. The molecule has 3 N–H and O–H groups in total. The van der Waals surface area contributed by atoms with E-state index in [2.05, 4.69) is 37.7 Å². The average molecular weight is 224 g/mol. The van der Waals surface area contributed by atoms with Crippen LogP contribution >= 0.6 is 7.82 Å². The van der Waals surface area contributed by atoms with Crippen molar-refractivity contribution < 1.29 is 19.2 Å². The molecule has 1 rings (SSSR count). The van der Waals surface area contributed by atoms with E-state index in [9.17, 15) is 0 Å². The van der Waals surface area contributed by atoms with Gasteiger partial charge in [0.05, 0.1) is 6.67 Å². The highest BCUT2D eigenvalue weighted by molar-refractivity contribution is 7.45. The van der Waals surface area contributed by atoms with Crippen molar-refractivity contribution in [1.29, 1.82) is 0 Å². The molecule has 0 fully saturated rings. The molecule has 0 bridgehead atoms. The Morgan fingerprint density at radius 3 is 1.36 bits per heavy atom. The lowest BCUT2D eigenvalue weighted by Crippen LogP contribution is -2.20. The minimum atomic E-state index is -4.64. The zero-order valence-corrected chi connectivity index (χ0v) is 9.69. The maximum atomic E-state index is 8.88. The number of nitrogens with zero attached hydrogens (tertiary/aromatic N) is 2. The van der Waals surface area contributed by atoms with E-state index in [4.69, 9.17) is 19.2 Å². The smallest absolute Gasteiger partial charge is 0.359 e. The van der Waals surface area contributed by atoms with Crippen LogP contribution in [0.25, 0.3) is 0 Å². The van der Waals surface area contributed by atoms with Crippen molar-refractivity contribution in [3.8, 4) is 0 Å². The van der Waals surface area contributed by atoms with E-state index in [0.717, 1.165) is 6.67 Å². The van der Waals surface area contributed by atoms with Gasteiger partial charge >= 0.3 is 7.82 Å². The maximum absolute atomic E-state index is 8.88. The number of phosphoric acid groups is 1. The molecule has 1 aliphatic rings. The summed E-state index contributed by atoms with van der Waals surface area (Å²) in [6.07, 6.45) is 0. The molecule has 0 aromatic heterocycles. The zero-order chi connectivity index (χ0) is 11.5. The minimum Gasteiger partial charge on any atom is -0.359 e. The molecule has 6 nitrogen and oxygen atoms in total. The molecule has 0 amide bonds. The summed E-state index contributed by atoms with van der Waals surface area (Å²) in [7, 11) is -0.412. The Hall–Kier alpha value is -0.550. The van der Waals surface area contributed by atoms with Gasteiger partial charge < -0.3 is 24.5 Å². The van der Waals surface area contributed by atoms with Gasteiger partial charge in [-0.05, 0) is 13.8 Å². The van der Waals surface area contributed by atoms with Gasteiger partial charge in [-0.2, -0.15) is 0 Å². The van der Waals surface area contributed by atoms with Gasteiger partial charge in [0.15, 0.2) is 0 Å². The fraction of sp³-hybridized carbons (Fsp3) is 0.714. The summed E-state index contributed by atoms with van der Waals surface area (Å²) in [5, 5.41) is 0. The summed E-state index contributed by atoms with van der Waals surface area (Å²) in [6.45, 7) is 5.34. The summed E-state index contributed by atoms with van der Waals surface area (Å²) in [5.74, 6) is 0.